The summed E-state index contributed by atoms with van der Waals surface area (Å²) < 4.78 is 7.26. The van der Waals surface area contributed by atoms with Crippen molar-refractivity contribution in [2.24, 2.45) is 0 Å². The summed E-state index contributed by atoms with van der Waals surface area (Å²) in [6, 6.07) is 6.83. The predicted octanol–water partition coefficient (Wildman–Crippen LogP) is 2.78. The number of anilines is 1. The highest BCUT2D eigenvalue weighted by atomic mass is 32.2. The number of carbonyl (C=O) groups is 2. The highest BCUT2D eigenvalue weighted by molar-refractivity contribution is 8.00. The van der Waals surface area contributed by atoms with Gasteiger partial charge in [0.05, 0.1) is 19.0 Å². The van der Waals surface area contributed by atoms with Crippen LogP contribution in [0.4, 0.5) is 5.69 Å². The normalized spacial score (nSPS) is 16.1. The second-order valence-electron chi connectivity index (χ2n) is 8.76. The molecule has 1 aromatic carbocycles. The lowest BCUT2D eigenvalue weighted by Crippen LogP contribution is -2.38. The molecular formula is C25H32N4O4S. The van der Waals surface area contributed by atoms with Crippen LogP contribution in [-0.4, -0.2) is 64.7 Å². The largest absolute Gasteiger partial charge is 0.379 e. The maximum absolute atomic E-state index is 12.9. The number of fused-ring (bicyclic) bond motifs is 1. The smallest absolute Gasteiger partial charge is 0.348 e. The van der Waals surface area contributed by atoms with E-state index >= 15 is 0 Å². The van der Waals surface area contributed by atoms with E-state index in [4.69, 9.17) is 4.74 Å². The quantitative estimate of drug-likeness (QED) is 0.332. The van der Waals surface area contributed by atoms with Crippen molar-refractivity contribution in [3.05, 3.63) is 51.6 Å². The Bertz CT molecular complexity index is 1080. The Kier molecular flexibility index (Phi) is 8.53. The summed E-state index contributed by atoms with van der Waals surface area (Å²) in [6.07, 6.45) is 4.82. The second-order valence-corrected chi connectivity index (χ2v) is 9.73. The first-order valence-corrected chi connectivity index (χ1v) is 13.0. The summed E-state index contributed by atoms with van der Waals surface area (Å²) in [7, 11) is 0. The van der Waals surface area contributed by atoms with E-state index in [1.54, 1.807) is 24.3 Å². The van der Waals surface area contributed by atoms with Crippen molar-refractivity contribution in [3.8, 4) is 0 Å². The molecule has 1 fully saturated rings. The first-order valence-electron chi connectivity index (χ1n) is 12.0. The molecule has 8 nitrogen and oxygen atoms in total. The third-order valence-electron chi connectivity index (χ3n) is 6.33. The molecule has 34 heavy (non-hydrogen) atoms. The zero-order valence-electron chi connectivity index (χ0n) is 19.7. The van der Waals surface area contributed by atoms with Gasteiger partial charge in [-0.05, 0) is 63.3 Å². The Hall–Kier alpha value is -2.49. The number of morpholine rings is 1. The minimum Gasteiger partial charge on any atom is -0.379 e. The van der Waals surface area contributed by atoms with Gasteiger partial charge in [-0.3, -0.25) is 19.1 Å². The van der Waals surface area contributed by atoms with Gasteiger partial charge in [0, 0.05) is 48.7 Å². The Morgan fingerprint density at radius 1 is 1.09 bits per heavy atom. The van der Waals surface area contributed by atoms with E-state index in [9.17, 15) is 14.4 Å². The molecule has 4 rings (SSSR count). The third-order valence-corrected chi connectivity index (χ3v) is 7.34. The molecule has 1 saturated heterocycles. The van der Waals surface area contributed by atoms with Gasteiger partial charge < -0.3 is 10.1 Å². The Morgan fingerprint density at radius 2 is 1.82 bits per heavy atom. The van der Waals surface area contributed by atoms with Crippen molar-refractivity contribution < 1.29 is 14.3 Å². The third kappa shape index (κ3) is 6.34. The number of carbonyl (C=O) groups excluding carboxylic acids is 2. The fourth-order valence-electron chi connectivity index (χ4n) is 4.49. The molecule has 0 atom stereocenters. The minimum absolute atomic E-state index is 0.0138. The number of nitrogens with zero attached hydrogens (tertiary/aromatic N) is 3. The first-order chi connectivity index (χ1) is 16.5. The highest BCUT2D eigenvalue weighted by Crippen LogP contribution is 2.28. The molecule has 1 aliphatic carbocycles. The molecule has 2 aliphatic rings. The molecule has 0 bridgehead atoms. The van der Waals surface area contributed by atoms with E-state index in [0.29, 0.717) is 22.8 Å². The van der Waals surface area contributed by atoms with Gasteiger partial charge in [-0.2, -0.15) is 4.98 Å². The Labute approximate surface area is 204 Å². The molecule has 1 amide bonds. The van der Waals surface area contributed by atoms with Gasteiger partial charge in [0.15, 0.2) is 5.78 Å². The SMILES string of the molecule is CC(=O)c1ccc(NC(=O)CSc2nc(=O)n(CCCN3CCOCC3)c3c2CCCC3)cc1. The molecule has 1 N–H and O–H groups in total. The maximum Gasteiger partial charge on any atom is 0.348 e. The van der Waals surface area contributed by atoms with E-state index in [1.165, 1.54) is 18.7 Å². The Morgan fingerprint density at radius 3 is 2.56 bits per heavy atom. The number of Topliss-reactive ketones (excluding diaryl/α,β-unsaturated/α-hetero) is 1. The predicted molar refractivity (Wildman–Crippen MR) is 133 cm³/mol. The molecule has 0 unspecified atom stereocenters. The fraction of sp³-hybridized carbons (Fsp3) is 0.520. The van der Waals surface area contributed by atoms with Crippen molar-refractivity contribution in [2.45, 2.75) is 50.6 Å². The summed E-state index contributed by atoms with van der Waals surface area (Å²) in [5.74, 6) is -0.00397. The lowest BCUT2D eigenvalue weighted by atomic mass is 9.97. The van der Waals surface area contributed by atoms with Crippen molar-refractivity contribution in [3.63, 3.8) is 0 Å². The molecule has 0 spiro atoms. The van der Waals surface area contributed by atoms with Crippen LogP contribution in [0.25, 0.3) is 0 Å². The summed E-state index contributed by atoms with van der Waals surface area (Å²) in [5.41, 5.74) is 3.25. The van der Waals surface area contributed by atoms with Gasteiger partial charge >= 0.3 is 5.69 Å². The number of ether oxygens (including phenoxy) is 1. The van der Waals surface area contributed by atoms with E-state index in [-0.39, 0.29) is 23.1 Å². The fourth-order valence-corrected chi connectivity index (χ4v) is 5.37. The van der Waals surface area contributed by atoms with E-state index in [0.717, 1.165) is 76.2 Å². The number of ketones is 1. The van der Waals surface area contributed by atoms with Crippen molar-refractivity contribution in [1.29, 1.82) is 0 Å². The average molecular weight is 485 g/mol. The molecule has 0 saturated carbocycles. The summed E-state index contributed by atoms with van der Waals surface area (Å²) in [4.78, 5) is 43.6. The monoisotopic (exact) mass is 484 g/mol. The van der Waals surface area contributed by atoms with E-state index in [1.807, 2.05) is 4.57 Å². The van der Waals surface area contributed by atoms with Crippen LogP contribution in [0.3, 0.4) is 0 Å². The number of rotatable bonds is 9. The van der Waals surface area contributed by atoms with Crippen LogP contribution in [0.2, 0.25) is 0 Å². The number of thioether (sulfide) groups is 1. The van der Waals surface area contributed by atoms with Gasteiger partial charge in [-0.15, -0.1) is 0 Å². The molecule has 1 aromatic heterocycles. The van der Waals surface area contributed by atoms with Crippen LogP contribution in [0, 0.1) is 0 Å². The zero-order valence-corrected chi connectivity index (χ0v) is 20.5. The number of hydrogen-bond donors (Lipinski definition) is 1. The molecular weight excluding hydrogens is 452 g/mol. The number of nitrogens with one attached hydrogen (secondary N) is 1. The molecule has 0 radical (unpaired) electrons. The standard InChI is InChI=1S/C25H32N4O4S/c1-18(30)19-7-9-20(10-8-19)26-23(31)17-34-24-21-5-2-3-6-22(21)29(25(32)27-24)12-4-11-28-13-15-33-16-14-28/h7-10H,2-6,11-17H2,1H3,(H,26,31). The molecule has 1 aliphatic heterocycles. The van der Waals surface area contributed by atoms with Crippen LogP contribution in [0.5, 0.6) is 0 Å². The zero-order chi connectivity index (χ0) is 23.9. The molecule has 2 heterocycles. The number of benzene rings is 1. The average Bonchev–Trinajstić information content (AvgIpc) is 2.85. The molecule has 182 valence electrons. The van der Waals surface area contributed by atoms with Crippen LogP contribution >= 0.6 is 11.8 Å². The number of hydrogen-bond acceptors (Lipinski definition) is 7. The summed E-state index contributed by atoms with van der Waals surface area (Å²) in [5, 5.41) is 3.53. The van der Waals surface area contributed by atoms with Gasteiger partial charge in [-0.1, -0.05) is 11.8 Å². The van der Waals surface area contributed by atoms with Crippen LogP contribution in [0.1, 0.15) is 47.8 Å². The molecule has 2 aromatic rings. The van der Waals surface area contributed by atoms with Gasteiger partial charge in [-0.25, -0.2) is 4.79 Å². The molecule has 9 heteroatoms. The van der Waals surface area contributed by atoms with E-state index in [2.05, 4.69) is 15.2 Å². The van der Waals surface area contributed by atoms with Crippen LogP contribution in [0.15, 0.2) is 34.1 Å². The van der Waals surface area contributed by atoms with Crippen LogP contribution in [-0.2, 0) is 28.9 Å². The lowest BCUT2D eigenvalue weighted by molar-refractivity contribution is -0.113. The first kappa shape index (κ1) is 24.6. The van der Waals surface area contributed by atoms with Gasteiger partial charge in [0.25, 0.3) is 0 Å². The second kappa shape index (κ2) is 11.8. The maximum atomic E-state index is 12.9. The van der Waals surface area contributed by atoms with Crippen molar-refractivity contribution >= 4 is 29.1 Å². The van der Waals surface area contributed by atoms with E-state index < -0.39 is 0 Å². The Balaban J connectivity index is 1.38. The van der Waals surface area contributed by atoms with Gasteiger partial charge in [0.1, 0.15) is 5.03 Å². The summed E-state index contributed by atoms with van der Waals surface area (Å²) in [6.45, 7) is 6.59. The van der Waals surface area contributed by atoms with Gasteiger partial charge in [0.2, 0.25) is 5.91 Å². The van der Waals surface area contributed by atoms with Crippen molar-refractivity contribution in [2.75, 3.05) is 43.9 Å². The van der Waals surface area contributed by atoms with Crippen molar-refractivity contribution in [1.82, 2.24) is 14.5 Å². The topological polar surface area (TPSA) is 93.5 Å². The number of amides is 1. The highest BCUT2D eigenvalue weighted by Gasteiger charge is 2.21. The summed E-state index contributed by atoms with van der Waals surface area (Å²) >= 11 is 1.33. The minimum atomic E-state index is -0.217. The number of aromatic nitrogens is 2. The van der Waals surface area contributed by atoms with Crippen LogP contribution < -0.4 is 11.0 Å². The lowest BCUT2D eigenvalue weighted by Gasteiger charge is -2.27.